The summed E-state index contributed by atoms with van der Waals surface area (Å²) >= 11 is 0. The average molecular weight is 324 g/mol. The predicted octanol–water partition coefficient (Wildman–Crippen LogP) is 3.40. The monoisotopic (exact) mass is 324 g/mol. The van der Waals surface area contributed by atoms with Gasteiger partial charge in [-0.25, -0.2) is 5.01 Å². The van der Waals surface area contributed by atoms with Gasteiger partial charge in [-0.1, -0.05) is 30.3 Å². The molecule has 0 spiro atoms. The van der Waals surface area contributed by atoms with Gasteiger partial charge in [-0.3, -0.25) is 4.79 Å². The highest BCUT2D eigenvalue weighted by Gasteiger charge is 2.31. The van der Waals surface area contributed by atoms with Crippen LogP contribution in [0.4, 0.5) is 0 Å². The third-order valence-electron chi connectivity index (χ3n) is 4.10. The van der Waals surface area contributed by atoms with Crippen molar-refractivity contribution in [1.82, 2.24) is 5.01 Å². The first kappa shape index (κ1) is 16.1. The van der Waals surface area contributed by atoms with Crippen molar-refractivity contribution < 1.29 is 14.3 Å². The van der Waals surface area contributed by atoms with Crippen LogP contribution >= 0.6 is 0 Å². The van der Waals surface area contributed by atoms with E-state index in [9.17, 15) is 4.79 Å². The number of hydrazone groups is 1. The summed E-state index contributed by atoms with van der Waals surface area (Å²) in [6.07, 6.45) is 0.653. The van der Waals surface area contributed by atoms with Gasteiger partial charge in [0.15, 0.2) is 0 Å². The Balaban J connectivity index is 1.98. The summed E-state index contributed by atoms with van der Waals surface area (Å²) in [6.45, 7) is 1.54. The van der Waals surface area contributed by atoms with E-state index in [1.54, 1.807) is 19.2 Å². The molecule has 5 heteroatoms. The van der Waals surface area contributed by atoms with Crippen molar-refractivity contribution in [1.29, 1.82) is 0 Å². The van der Waals surface area contributed by atoms with Crippen LogP contribution in [0.5, 0.6) is 11.5 Å². The Morgan fingerprint density at radius 3 is 2.25 bits per heavy atom. The maximum atomic E-state index is 12.0. The number of carbonyl (C=O) groups is 1. The Morgan fingerprint density at radius 2 is 1.71 bits per heavy atom. The molecule has 2 aromatic rings. The summed E-state index contributed by atoms with van der Waals surface area (Å²) in [5, 5.41) is 6.11. The van der Waals surface area contributed by atoms with E-state index in [1.807, 2.05) is 48.5 Å². The van der Waals surface area contributed by atoms with Crippen LogP contribution in [0, 0.1) is 0 Å². The summed E-state index contributed by atoms with van der Waals surface area (Å²) < 4.78 is 10.7. The van der Waals surface area contributed by atoms with Crippen molar-refractivity contribution in [2.24, 2.45) is 5.10 Å². The first-order valence-corrected chi connectivity index (χ1v) is 7.78. The van der Waals surface area contributed by atoms with E-state index in [0.29, 0.717) is 17.9 Å². The lowest BCUT2D eigenvalue weighted by atomic mass is 9.98. The van der Waals surface area contributed by atoms with Crippen LogP contribution in [-0.4, -0.2) is 30.8 Å². The molecule has 1 amide bonds. The van der Waals surface area contributed by atoms with Crippen molar-refractivity contribution in [3.05, 3.63) is 59.7 Å². The van der Waals surface area contributed by atoms with Crippen LogP contribution in [0.1, 0.15) is 30.5 Å². The normalized spacial score (nSPS) is 16.7. The topological polar surface area (TPSA) is 51.1 Å². The molecule has 124 valence electrons. The van der Waals surface area contributed by atoms with Crippen LogP contribution in [-0.2, 0) is 4.79 Å². The third kappa shape index (κ3) is 3.11. The standard InChI is InChI=1S/C19H20N2O3/c1-13(22)21-19(14-7-5-4-6-8-14)12-18(20-21)15-9-16(23-2)11-17(10-15)24-3/h4-11,19H,12H2,1-3H3/t19-/m0/s1. The molecule has 0 bridgehead atoms. The van der Waals surface area contributed by atoms with E-state index in [2.05, 4.69) is 5.10 Å². The molecule has 1 atom stereocenters. The van der Waals surface area contributed by atoms with E-state index in [-0.39, 0.29) is 11.9 Å². The molecular formula is C19H20N2O3. The van der Waals surface area contributed by atoms with Crippen molar-refractivity contribution in [3.63, 3.8) is 0 Å². The Kier molecular flexibility index (Phi) is 4.51. The molecule has 24 heavy (non-hydrogen) atoms. The average Bonchev–Trinajstić information content (AvgIpc) is 3.07. The lowest BCUT2D eigenvalue weighted by Gasteiger charge is -2.20. The molecule has 0 N–H and O–H groups in total. The van der Waals surface area contributed by atoms with E-state index in [4.69, 9.17) is 9.47 Å². The van der Waals surface area contributed by atoms with Crippen LogP contribution < -0.4 is 9.47 Å². The van der Waals surface area contributed by atoms with E-state index < -0.39 is 0 Å². The van der Waals surface area contributed by atoms with E-state index in [0.717, 1.165) is 16.8 Å². The second kappa shape index (κ2) is 6.74. The minimum Gasteiger partial charge on any atom is -0.497 e. The highest BCUT2D eigenvalue weighted by molar-refractivity contribution is 6.03. The molecule has 0 aliphatic carbocycles. The zero-order valence-electron chi connectivity index (χ0n) is 14.0. The molecular weight excluding hydrogens is 304 g/mol. The number of ether oxygens (including phenoxy) is 2. The van der Waals surface area contributed by atoms with Crippen LogP contribution in [0.2, 0.25) is 0 Å². The fourth-order valence-electron chi connectivity index (χ4n) is 2.88. The molecule has 5 nitrogen and oxygen atoms in total. The van der Waals surface area contributed by atoms with Gasteiger partial charge in [0.1, 0.15) is 11.5 Å². The van der Waals surface area contributed by atoms with Crippen molar-refractivity contribution in [3.8, 4) is 11.5 Å². The fraction of sp³-hybridized carbons (Fsp3) is 0.263. The second-order valence-electron chi connectivity index (χ2n) is 5.64. The quantitative estimate of drug-likeness (QED) is 0.866. The lowest BCUT2D eigenvalue weighted by molar-refractivity contribution is -0.130. The van der Waals surface area contributed by atoms with Crippen LogP contribution in [0.3, 0.4) is 0 Å². The Hall–Kier alpha value is -2.82. The summed E-state index contributed by atoms with van der Waals surface area (Å²) in [4.78, 5) is 12.0. The predicted molar refractivity (Wildman–Crippen MR) is 92.4 cm³/mol. The number of rotatable bonds is 4. The van der Waals surface area contributed by atoms with Gasteiger partial charge >= 0.3 is 0 Å². The molecule has 0 saturated carbocycles. The molecule has 0 radical (unpaired) electrons. The first-order valence-electron chi connectivity index (χ1n) is 7.78. The number of carbonyl (C=O) groups excluding carboxylic acids is 1. The molecule has 3 rings (SSSR count). The molecule has 0 unspecified atom stereocenters. The number of hydrogen-bond donors (Lipinski definition) is 0. The summed E-state index contributed by atoms with van der Waals surface area (Å²) in [6, 6.07) is 15.5. The van der Waals surface area contributed by atoms with Gasteiger partial charge in [0.25, 0.3) is 0 Å². The number of benzene rings is 2. The van der Waals surface area contributed by atoms with Crippen molar-refractivity contribution >= 4 is 11.6 Å². The maximum absolute atomic E-state index is 12.0. The van der Waals surface area contributed by atoms with Crippen molar-refractivity contribution in [2.75, 3.05) is 14.2 Å². The summed E-state index contributed by atoms with van der Waals surface area (Å²) in [5.74, 6) is 1.32. The second-order valence-corrected chi connectivity index (χ2v) is 5.64. The number of nitrogens with zero attached hydrogens (tertiary/aromatic N) is 2. The summed E-state index contributed by atoms with van der Waals surface area (Å²) in [5.41, 5.74) is 2.81. The highest BCUT2D eigenvalue weighted by Crippen LogP contribution is 2.34. The van der Waals surface area contributed by atoms with Crippen LogP contribution in [0.15, 0.2) is 53.6 Å². The highest BCUT2D eigenvalue weighted by atomic mass is 16.5. The van der Waals surface area contributed by atoms with Crippen molar-refractivity contribution in [2.45, 2.75) is 19.4 Å². The summed E-state index contributed by atoms with van der Waals surface area (Å²) in [7, 11) is 3.23. The van der Waals surface area contributed by atoms with Gasteiger partial charge < -0.3 is 9.47 Å². The molecule has 0 aromatic heterocycles. The minimum atomic E-state index is -0.0871. The van der Waals surface area contributed by atoms with Crippen LogP contribution in [0.25, 0.3) is 0 Å². The zero-order valence-corrected chi connectivity index (χ0v) is 14.0. The van der Waals surface area contributed by atoms with Gasteiger partial charge in [-0.15, -0.1) is 0 Å². The SMILES string of the molecule is COc1cc(OC)cc(C2=NN(C(C)=O)[C@H](c3ccccc3)C2)c1. The smallest absolute Gasteiger partial charge is 0.240 e. The fourth-order valence-corrected chi connectivity index (χ4v) is 2.88. The molecule has 2 aromatic carbocycles. The van der Waals surface area contributed by atoms with Gasteiger partial charge in [0.05, 0.1) is 26.0 Å². The minimum absolute atomic E-state index is 0.0753. The lowest BCUT2D eigenvalue weighted by Crippen LogP contribution is -2.24. The largest absolute Gasteiger partial charge is 0.497 e. The van der Waals surface area contributed by atoms with Gasteiger partial charge in [0, 0.05) is 25.0 Å². The first-order chi connectivity index (χ1) is 11.6. The van der Waals surface area contributed by atoms with Gasteiger partial charge in [-0.05, 0) is 17.7 Å². The van der Waals surface area contributed by atoms with Gasteiger partial charge in [-0.2, -0.15) is 5.10 Å². The number of amides is 1. The zero-order chi connectivity index (χ0) is 17.1. The number of hydrogen-bond acceptors (Lipinski definition) is 4. The Morgan fingerprint density at radius 1 is 1.08 bits per heavy atom. The van der Waals surface area contributed by atoms with Gasteiger partial charge in [0.2, 0.25) is 5.91 Å². The Bertz CT molecular complexity index is 749. The molecule has 1 aliphatic rings. The Labute approximate surface area is 141 Å². The maximum Gasteiger partial charge on any atom is 0.240 e. The molecule has 0 saturated heterocycles. The molecule has 0 fully saturated rings. The van der Waals surface area contributed by atoms with E-state index in [1.165, 1.54) is 6.92 Å². The molecule has 1 aliphatic heterocycles. The number of methoxy groups -OCH3 is 2. The third-order valence-corrected chi connectivity index (χ3v) is 4.10. The molecule has 1 heterocycles. The van der Waals surface area contributed by atoms with E-state index >= 15 is 0 Å².